The number of thiazole rings is 1. The highest BCUT2D eigenvalue weighted by Gasteiger charge is 2.18. The molecule has 1 aromatic heterocycles. The van der Waals surface area contributed by atoms with Crippen molar-refractivity contribution in [2.75, 3.05) is 23.3 Å². The van der Waals surface area contributed by atoms with Gasteiger partial charge in [-0.2, -0.15) is 0 Å². The Hall–Kier alpha value is -2.99. The average molecular weight is 394 g/mol. The number of benzene rings is 2. The maximum Gasteiger partial charge on any atom is 0.257 e. The third-order valence-electron chi connectivity index (χ3n) is 4.47. The lowest BCUT2D eigenvalue weighted by atomic mass is 10.1. The molecule has 0 bridgehead atoms. The first-order chi connectivity index (χ1) is 13.5. The number of carbonyl (C=O) groups excluding carboxylic acids is 2. The second kappa shape index (κ2) is 8.80. The van der Waals surface area contributed by atoms with Crippen LogP contribution in [0.2, 0.25) is 0 Å². The molecule has 2 aromatic carbocycles. The molecule has 144 valence electrons. The van der Waals surface area contributed by atoms with Crippen molar-refractivity contribution in [1.82, 2.24) is 4.98 Å². The SMILES string of the molecule is CCN(CC)c1ccc(C(=O)Nc2nc(-c3ccccc3)c(C(C)=O)s2)cc1. The van der Waals surface area contributed by atoms with Crippen LogP contribution in [0, 0.1) is 0 Å². The van der Waals surface area contributed by atoms with Gasteiger partial charge in [0.2, 0.25) is 0 Å². The second-order valence-electron chi connectivity index (χ2n) is 6.29. The number of Topliss-reactive ketones (excluding diaryl/α,β-unsaturated/α-hetero) is 1. The highest BCUT2D eigenvalue weighted by atomic mass is 32.1. The Kier molecular flexibility index (Phi) is 6.21. The van der Waals surface area contributed by atoms with Crippen molar-refractivity contribution >= 4 is 33.8 Å². The van der Waals surface area contributed by atoms with Crippen LogP contribution in [0.25, 0.3) is 11.3 Å². The van der Waals surface area contributed by atoms with Crippen molar-refractivity contribution in [3.05, 3.63) is 65.0 Å². The monoisotopic (exact) mass is 393 g/mol. The highest BCUT2D eigenvalue weighted by molar-refractivity contribution is 7.18. The van der Waals surface area contributed by atoms with E-state index >= 15 is 0 Å². The molecule has 1 amide bonds. The van der Waals surface area contributed by atoms with Crippen LogP contribution in [0.5, 0.6) is 0 Å². The first kappa shape index (κ1) is 19.8. The number of nitrogens with one attached hydrogen (secondary N) is 1. The minimum Gasteiger partial charge on any atom is -0.372 e. The van der Waals surface area contributed by atoms with E-state index in [1.54, 1.807) is 12.1 Å². The molecular weight excluding hydrogens is 370 g/mol. The van der Waals surface area contributed by atoms with E-state index in [2.05, 4.69) is 29.0 Å². The van der Waals surface area contributed by atoms with Gasteiger partial charge in [0.25, 0.3) is 5.91 Å². The molecule has 3 rings (SSSR count). The third kappa shape index (κ3) is 4.28. The minimum atomic E-state index is -0.241. The third-order valence-corrected chi connectivity index (χ3v) is 5.54. The molecule has 0 aliphatic rings. The van der Waals surface area contributed by atoms with Crippen molar-refractivity contribution in [2.24, 2.45) is 0 Å². The zero-order valence-electron chi connectivity index (χ0n) is 16.2. The van der Waals surface area contributed by atoms with Gasteiger partial charge in [-0.25, -0.2) is 4.98 Å². The summed E-state index contributed by atoms with van der Waals surface area (Å²) in [6.07, 6.45) is 0. The summed E-state index contributed by atoms with van der Waals surface area (Å²) in [5.41, 5.74) is 3.09. The van der Waals surface area contributed by atoms with Crippen LogP contribution in [0.4, 0.5) is 10.8 Å². The molecule has 0 atom stereocenters. The van der Waals surface area contributed by atoms with Crippen molar-refractivity contribution in [2.45, 2.75) is 20.8 Å². The molecule has 0 radical (unpaired) electrons. The van der Waals surface area contributed by atoms with E-state index in [4.69, 9.17) is 0 Å². The summed E-state index contributed by atoms with van der Waals surface area (Å²) in [4.78, 5) is 31.9. The van der Waals surface area contributed by atoms with E-state index in [1.165, 1.54) is 18.3 Å². The molecule has 0 aliphatic carbocycles. The smallest absolute Gasteiger partial charge is 0.257 e. The van der Waals surface area contributed by atoms with E-state index in [1.807, 2.05) is 42.5 Å². The van der Waals surface area contributed by atoms with Crippen LogP contribution in [-0.2, 0) is 0 Å². The van der Waals surface area contributed by atoms with Crippen LogP contribution in [0.15, 0.2) is 54.6 Å². The first-order valence-corrected chi connectivity index (χ1v) is 10.1. The molecule has 0 saturated heterocycles. The predicted molar refractivity (Wildman–Crippen MR) is 116 cm³/mol. The summed E-state index contributed by atoms with van der Waals surface area (Å²) >= 11 is 1.20. The lowest BCUT2D eigenvalue weighted by molar-refractivity contribution is 0.101. The predicted octanol–water partition coefficient (Wildman–Crippen LogP) is 5.11. The average Bonchev–Trinajstić information content (AvgIpc) is 3.14. The summed E-state index contributed by atoms with van der Waals surface area (Å²) in [6.45, 7) is 7.54. The fourth-order valence-corrected chi connectivity index (χ4v) is 3.86. The molecule has 1 N–H and O–H groups in total. The van der Waals surface area contributed by atoms with Gasteiger partial charge in [0.05, 0.1) is 10.6 Å². The summed E-state index contributed by atoms with van der Waals surface area (Å²) in [6, 6.07) is 17.0. The number of anilines is 2. The molecule has 28 heavy (non-hydrogen) atoms. The molecular formula is C22H23N3O2S. The summed E-state index contributed by atoms with van der Waals surface area (Å²) in [7, 11) is 0. The first-order valence-electron chi connectivity index (χ1n) is 9.27. The van der Waals surface area contributed by atoms with Crippen LogP contribution in [0.1, 0.15) is 40.8 Å². The van der Waals surface area contributed by atoms with Crippen LogP contribution < -0.4 is 10.2 Å². The molecule has 5 nitrogen and oxygen atoms in total. The topological polar surface area (TPSA) is 62.3 Å². The Morgan fingerprint density at radius 2 is 1.64 bits per heavy atom. The van der Waals surface area contributed by atoms with Crippen LogP contribution in [-0.4, -0.2) is 29.8 Å². The number of aromatic nitrogens is 1. The normalized spacial score (nSPS) is 10.5. The molecule has 0 aliphatic heterocycles. The Labute approximate surface area is 169 Å². The molecule has 3 aromatic rings. The molecule has 0 fully saturated rings. The van der Waals surface area contributed by atoms with Crippen LogP contribution in [0.3, 0.4) is 0 Å². The largest absolute Gasteiger partial charge is 0.372 e. The molecule has 0 saturated carbocycles. The van der Waals surface area contributed by atoms with E-state index in [0.29, 0.717) is 21.3 Å². The van der Waals surface area contributed by atoms with Gasteiger partial charge in [-0.15, -0.1) is 0 Å². The highest BCUT2D eigenvalue weighted by Crippen LogP contribution is 2.31. The van der Waals surface area contributed by atoms with Crippen LogP contribution >= 0.6 is 11.3 Å². The number of ketones is 1. The van der Waals surface area contributed by atoms with Gasteiger partial charge in [-0.3, -0.25) is 14.9 Å². The van der Waals surface area contributed by atoms with Crippen molar-refractivity contribution < 1.29 is 9.59 Å². The summed E-state index contributed by atoms with van der Waals surface area (Å²) in [5, 5.41) is 3.24. The van der Waals surface area contributed by atoms with Gasteiger partial charge in [-0.1, -0.05) is 41.7 Å². The Bertz CT molecular complexity index is 961. The van der Waals surface area contributed by atoms with Gasteiger partial charge < -0.3 is 4.90 Å². The number of hydrogen-bond acceptors (Lipinski definition) is 5. The van der Waals surface area contributed by atoms with Crippen molar-refractivity contribution in [3.8, 4) is 11.3 Å². The summed E-state index contributed by atoms with van der Waals surface area (Å²) in [5.74, 6) is -0.310. The van der Waals surface area contributed by atoms with Gasteiger partial charge in [0.1, 0.15) is 0 Å². The van der Waals surface area contributed by atoms with Gasteiger partial charge in [0, 0.05) is 36.8 Å². The van der Waals surface area contributed by atoms with E-state index in [9.17, 15) is 9.59 Å². The van der Waals surface area contributed by atoms with Gasteiger partial charge in [0.15, 0.2) is 10.9 Å². The fourth-order valence-electron chi connectivity index (χ4n) is 2.99. The van der Waals surface area contributed by atoms with Crippen molar-refractivity contribution in [3.63, 3.8) is 0 Å². The number of hydrogen-bond donors (Lipinski definition) is 1. The number of amides is 1. The van der Waals surface area contributed by atoms with E-state index in [0.717, 1.165) is 24.3 Å². The lowest BCUT2D eigenvalue weighted by Crippen LogP contribution is -2.21. The second-order valence-corrected chi connectivity index (χ2v) is 7.29. The molecule has 0 spiro atoms. The van der Waals surface area contributed by atoms with E-state index in [-0.39, 0.29) is 11.7 Å². The Morgan fingerprint density at radius 1 is 1.00 bits per heavy atom. The number of carbonyl (C=O) groups is 2. The Balaban J connectivity index is 1.82. The maximum atomic E-state index is 12.6. The van der Waals surface area contributed by atoms with Gasteiger partial charge in [-0.05, 0) is 38.1 Å². The summed E-state index contributed by atoms with van der Waals surface area (Å²) < 4.78 is 0. The van der Waals surface area contributed by atoms with E-state index < -0.39 is 0 Å². The van der Waals surface area contributed by atoms with Crippen molar-refractivity contribution in [1.29, 1.82) is 0 Å². The molecule has 0 unspecified atom stereocenters. The minimum absolute atomic E-state index is 0.0690. The lowest BCUT2D eigenvalue weighted by Gasteiger charge is -2.20. The van der Waals surface area contributed by atoms with Gasteiger partial charge >= 0.3 is 0 Å². The maximum absolute atomic E-state index is 12.6. The number of rotatable bonds is 7. The zero-order chi connectivity index (χ0) is 20.1. The molecule has 1 heterocycles. The Morgan fingerprint density at radius 3 is 2.21 bits per heavy atom. The standard InChI is InChI=1S/C22H23N3O2S/c1-4-25(5-2)18-13-11-17(12-14-18)21(27)24-22-23-19(20(28-22)15(3)26)16-9-7-6-8-10-16/h6-14H,4-5H2,1-3H3,(H,23,24,27). The number of nitrogens with zero attached hydrogens (tertiary/aromatic N) is 2. The quantitative estimate of drug-likeness (QED) is 0.567. The zero-order valence-corrected chi connectivity index (χ0v) is 17.0. The fraction of sp³-hybridized carbons (Fsp3) is 0.227. The molecule has 6 heteroatoms.